The number of nitrogens with one attached hydrogen (secondary N) is 1. The highest BCUT2D eigenvalue weighted by atomic mass is 32.1. The number of hydrogen-bond acceptors (Lipinski definition) is 4. The van der Waals surface area contributed by atoms with Gasteiger partial charge < -0.3 is 10.2 Å². The summed E-state index contributed by atoms with van der Waals surface area (Å²) in [6.07, 6.45) is 4.50. The highest BCUT2D eigenvalue weighted by molar-refractivity contribution is 7.11. The van der Waals surface area contributed by atoms with Crippen molar-refractivity contribution in [2.75, 3.05) is 19.6 Å². The van der Waals surface area contributed by atoms with Gasteiger partial charge in [-0.15, -0.1) is 11.3 Å². The SMILES string of the molecule is CCN1CCC(NC(C)c2ncc(C)s2)CC1. The van der Waals surface area contributed by atoms with Crippen LogP contribution in [0.3, 0.4) is 0 Å². The molecule has 96 valence electrons. The lowest BCUT2D eigenvalue weighted by atomic mass is 10.0. The quantitative estimate of drug-likeness (QED) is 0.894. The van der Waals surface area contributed by atoms with Crippen LogP contribution in [-0.4, -0.2) is 35.6 Å². The van der Waals surface area contributed by atoms with Crippen LogP contribution >= 0.6 is 11.3 Å². The molecule has 0 aliphatic carbocycles. The standard InChI is InChI=1S/C13H23N3S/c1-4-16-7-5-12(6-8-16)15-11(3)13-14-9-10(2)17-13/h9,11-12,15H,4-8H2,1-3H3. The van der Waals surface area contributed by atoms with E-state index in [1.807, 2.05) is 6.20 Å². The van der Waals surface area contributed by atoms with Crippen molar-refractivity contribution >= 4 is 11.3 Å². The summed E-state index contributed by atoms with van der Waals surface area (Å²) in [6, 6.07) is 1.06. The maximum atomic E-state index is 4.46. The fraction of sp³-hybridized carbons (Fsp3) is 0.769. The highest BCUT2D eigenvalue weighted by Crippen LogP contribution is 2.21. The van der Waals surface area contributed by atoms with E-state index in [1.54, 1.807) is 11.3 Å². The molecule has 1 fully saturated rings. The van der Waals surface area contributed by atoms with E-state index in [1.165, 1.54) is 42.4 Å². The first-order valence-electron chi connectivity index (χ1n) is 6.59. The third kappa shape index (κ3) is 3.50. The summed E-state index contributed by atoms with van der Waals surface area (Å²) >= 11 is 1.81. The first-order valence-corrected chi connectivity index (χ1v) is 7.41. The Balaban J connectivity index is 1.81. The van der Waals surface area contributed by atoms with E-state index in [0.29, 0.717) is 12.1 Å². The topological polar surface area (TPSA) is 28.2 Å². The molecule has 2 rings (SSSR count). The van der Waals surface area contributed by atoms with E-state index in [9.17, 15) is 0 Å². The molecule has 3 nitrogen and oxygen atoms in total. The molecular formula is C13H23N3S. The Kier molecular flexibility index (Phi) is 4.54. The number of hydrogen-bond donors (Lipinski definition) is 1. The predicted octanol–water partition coefficient (Wildman–Crippen LogP) is 2.59. The summed E-state index contributed by atoms with van der Waals surface area (Å²) in [6.45, 7) is 10.2. The smallest absolute Gasteiger partial charge is 0.109 e. The van der Waals surface area contributed by atoms with Gasteiger partial charge >= 0.3 is 0 Å². The first-order chi connectivity index (χ1) is 8.19. The molecule has 0 spiro atoms. The van der Waals surface area contributed by atoms with E-state index in [2.05, 4.69) is 36.0 Å². The maximum Gasteiger partial charge on any atom is 0.109 e. The molecule has 1 N–H and O–H groups in total. The lowest BCUT2D eigenvalue weighted by Gasteiger charge is -2.32. The fourth-order valence-corrected chi connectivity index (χ4v) is 3.20. The van der Waals surface area contributed by atoms with Gasteiger partial charge in [0.2, 0.25) is 0 Å². The summed E-state index contributed by atoms with van der Waals surface area (Å²) in [5, 5.41) is 4.94. The van der Waals surface area contributed by atoms with Gasteiger partial charge in [-0.1, -0.05) is 6.92 Å². The van der Waals surface area contributed by atoms with Crippen LogP contribution in [0.15, 0.2) is 6.20 Å². The summed E-state index contributed by atoms with van der Waals surface area (Å²) in [4.78, 5) is 8.28. The van der Waals surface area contributed by atoms with Crippen molar-refractivity contribution in [2.24, 2.45) is 0 Å². The third-order valence-corrected chi connectivity index (χ3v) is 4.63. The highest BCUT2D eigenvalue weighted by Gasteiger charge is 2.20. The van der Waals surface area contributed by atoms with E-state index in [-0.39, 0.29) is 0 Å². The lowest BCUT2D eigenvalue weighted by Crippen LogP contribution is -2.43. The van der Waals surface area contributed by atoms with Gasteiger partial charge in [0.25, 0.3) is 0 Å². The second kappa shape index (κ2) is 5.94. The van der Waals surface area contributed by atoms with Crippen LogP contribution in [-0.2, 0) is 0 Å². The lowest BCUT2D eigenvalue weighted by molar-refractivity contribution is 0.200. The molecule has 0 aromatic carbocycles. The van der Waals surface area contributed by atoms with Gasteiger partial charge in [0.05, 0.1) is 6.04 Å². The van der Waals surface area contributed by atoms with E-state index in [4.69, 9.17) is 0 Å². The number of likely N-dealkylation sites (tertiary alicyclic amines) is 1. The Labute approximate surface area is 108 Å². The van der Waals surface area contributed by atoms with Gasteiger partial charge in [-0.05, 0) is 46.3 Å². The van der Waals surface area contributed by atoms with Crippen LogP contribution in [0, 0.1) is 6.92 Å². The molecule has 1 aromatic heterocycles. The zero-order chi connectivity index (χ0) is 12.3. The van der Waals surface area contributed by atoms with Crippen molar-refractivity contribution in [2.45, 2.75) is 45.7 Å². The molecule has 4 heteroatoms. The second-order valence-corrected chi connectivity index (χ2v) is 6.17. The van der Waals surface area contributed by atoms with Crippen molar-refractivity contribution in [3.8, 4) is 0 Å². The van der Waals surface area contributed by atoms with E-state index >= 15 is 0 Å². The molecule has 1 aromatic rings. The van der Waals surface area contributed by atoms with Crippen molar-refractivity contribution in [1.82, 2.24) is 15.2 Å². The Bertz CT molecular complexity index is 342. The van der Waals surface area contributed by atoms with Crippen molar-refractivity contribution in [3.05, 3.63) is 16.1 Å². The molecule has 1 saturated heterocycles. The van der Waals surface area contributed by atoms with Crippen LogP contribution in [0.1, 0.15) is 42.6 Å². The minimum Gasteiger partial charge on any atom is -0.305 e. The Hall–Kier alpha value is -0.450. The van der Waals surface area contributed by atoms with Crippen LogP contribution in [0.25, 0.3) is 0 Å². The zero-order valence-electron chi connectivity index (χ0n) is 11.1. The van der Waals surface area contributed by atoms with Crippen molar-refractivity contribution in [3.63, 3.8) is 0 Å². The molecule has 1 aliphatic heterocycles. The predicted molar refractivity (Wildman–Crippen MR) is 73.5 cm³/mol. The Morgan fingerprint density at radius 1 is 1.53 bits per heavy atom. The molecule has 1 aliphatic rings. The van der Waals surface area contributed by atoms with Gasteiger partial charge in [0, 0.05) is 17.1 Å². The molecular weight excluding hydrogens is 230 g/mol. The van der Waals surface area contributed by atoms with Crippen molar-refractivity contribution < 1.29 is 0 Å². The average Bonchev–Trinajstić information content (AvgIpc) is 2.77. The molecule has 0 saturated carbocycles. The van der Waals surface area contributed by atoms with Crippen molar-refractivity contribution in [1.29, 1.82) is 0 Å². The number of nitrogens with zero attached hydrogens (tertiary/aromatic N) is 2. The number of aromatic nitrogens is 1. The molecule has 2 heterocycles. The summed E-state index contributed by atoms with van der Waals surface area (Å²) in [5.74, 6) is 0. The fourth-order valence-electron chi connectivity index (χ4n) is 2.41. The second-order valence-electron chi connectivity index (χ2n) is 4.91. The number of rotatable bonds is 4. The number of thiazole rings is 1. The Morgan fingerprint density at radius 2 is 2.24 bits per heavy atom. The average molecular weight is 253 g/mol. The third-order valence-electron chi connectivity index (χ3n) is 3.53. The minimum absolute atomic E-state index is 0.395. The molecule has 17 heavy (non-hydrogen) atoms. The zero-order valence-corrected chi connectivity index (χ0v) is 11.9. The van der Waals surface area contributed by atoms with Gasteiger partial charge in [-0.25, -0.2) is 4.98 Å². The van der Waals surface area contributed by atoms with Crippen LogP contribution < -0.4 is 5.32 Å². The van der Waals surface area contributed by atoms with Crippen LogP contribution in [0.5, 0.6) is 0 Å². The van der Waals surface area contributed by atoms with Gasteiger partial charge in [-0.3, -0.25) is 0 Å². The first kappa shape index (κ1) is 13.0. The number of aryl methyl sites for hydroxylation is 1. The minimum atomic E-state index is 0.395. The molecule has 0 bridgehead atoms. The van der Waals surface area contributed by atoms with Gasteiger partial charge in [0.15, 0.2) is 0 Å². The molecule has 1 atom stereocenters. The summed E-state index contributed by atoms with van der Waals surface area (Å²) in [5.41, 5.74) is 0. The largest absolute Gasteiger partial charge is 0.305 e. The number of piperidine rings is 1. The van der Waals surface area contributed by atoms with Gasteiger partial charge in [-0.2, -0.15) is 0 Å². The maximum absolute atomic E-state index is 4.46. The monoisotopic (exact) mass is 253 g/mol. The summed E-state index contributed by atoms with van der Waals surface area (Å²) < 4.78 is 0. The van der Waals surface area contributed by atoms with E-state index < -0.39 is 0 Å². The molecule has 0 radical (unpaired) electrons. The van der Waals surface area contributed by atoms with Crippen LogP contribution in [0.2, 0.25) is 0 Å². The summed E-state index contributed by atoms with van der Waals surface area (Å²) in [7, 11) is 0. The van der Waals surface area contributed by atoms with E-state index in [0.717, 1.165) is 0 Å². The molecule has 0 amide bonds. The normalized spacial score (nSPS) is 20.6. The van der Waals surface area contributed by atoms with Gasteiger partial charge in [0.1, 0.15) is 5.01 Å². The van der Waals surface area contributed by atoms with Crippen LogP contribution in [0.4, 0.5) is 0 Å². The Morgan fingerprint density at radius 3 is 2.76 bits per heavy atom. The molecule has 1 unspecified atom stereocenters.